The fourth-order valence-electron chi connectivity index (χ4n) is 2.74. The van der Waals surface area contributed by atoms with E-state index in [2.05, 4.69) is 0 Å². The Bertz CT molecular complexity index is 715. The summed E-state index contributed by atoms with van der Waals surface area (Å²) in [4.78, 5) is 26.0. The molecule has 1 aliphatic rings. The Morgan fingerprint density at radius 1 is 1.08 bits per heavy atom. The molecule has 0 N–H and O–H groups in total. The normalized spacial score (nSPS) is 17.1. The van der Waals surface area contributed by atoms with E-state index in [4.69, 9.17) is 16.3 Å². The van der Waals surface area contributed by atoms with E-state index in [1.165, 1.54) is 0 Å². The van der Waals surface area contributed by atoms with Gasteiger partial charge in [0.1, 0.15) is 6.61 Å². The van der Waals surface area contributed by atoms with Crippen LogP contribution in [0.15, 0.2) is 54.6 Å². The van der Waals surface area contributed by atoms with Gasteiger partial charge in [0.25, 0.3) is 0 Å². The minimum absolute atomic E-state index is 0.00713. The van der Waals surface area contributed by atoms with Gasteiger partial charge in [-0.25, -0.2) is 0 Å². The molecule has 2 aromatic rings. The van der Waals surface area contributed by atoms with Gasteiger partial charge in [-0.1, -0.05) is 54.1 Å². The molecule has 1 amide bonds. The van der Waals surface area contributed by atoms with Crippen molar-refractivity contribution in [2.45, 2.75) is 19.6 Å². The number of esters is 1. The zero-order valence-electron chi connectivity index (χ0n) is 13.2. The highest BCUT2D eigenvalue weighted by molar-refractivity contribution is 6.30. The quantitative estimate of drug-likeness (QED) is 0.781. The monoisotopic (exact) mass is 343 g/mol. The Kier molecular flexibility index (Phi) is 5.16. The van der Waals surface area contributed by atoms with Crippen LogP contribution in [0.4, 0.5) is 0 Å². The maximum Gasteiger partial charge on any atom is 0.311 e. The number of halogens is 1. The number of hydrogen-bond acceptors (Lipinski definition) is 3. The van der Waals surface area contributed by atoms with Crippen molar-refractivity contribution >= 4 is 23.5 Å². The second kappa shape index (κ2) is 7.49. The zero-order valence-corrected chi connectivity index (χ0v) is 13.9. The van der Waals surface area contributed by atoms with E-state index in [-0.39, 0.29) is 24.9 Å². The molecule has 1 saturated heterocycles. The van der Waals surface area contributed by atoms with E-state index in [0.29, 0.717) is 18.1 Å². The van der Waals surface area contributed by atoms with Crippen LogP contribution in [0.5, 0.6) is 0 Å². The van der Waals surface area contributed by atoms with Crippen molar-refractivity contribution in [3.8, 4) is 0 Å². The molecule has 5 heteroatoms. The van der Waals surface area contributed by atoms with Crippen LogP contribution in [0.25, 0.3) is 0 Å². The van der Waals surface area contributed by atoms with E-state index in [1.807, 2.05) is 42.5 Å². The highest BCUT2D eigenvalue weighted by Crippen LogP contribution is 2.22. The number of carbonyl (C=O) groups is 2. The molecule has 1 aliphatic heterocycles. The van der Waals surface area contributed by atoms with Gasteiger partial charge in [0.15, 0.2) is 0 Å². The number of ether oxygens (including phenoxy) is 1. The van der Waals surface area contributed by atoms with Crippen LogP contribution in [-0.4, -0.2) is 23.3 Å². The number of amides is 1. The van der Waals surface area contributed by atoms with E-state index in [1.54, 1.807) is 17.0 Å². The summed E-state index contributed by atoms with van der Waals surface area (Å²) in [6, 6.07) is 16.9. The van der Waals surface area contributed by atoms with E-state index in [9.17, 15) is 9.59 Å². The zero-order chi connectivity index (χ0) is 16.9. The Balaban J connectivity index is 1.53. The molecule has 0 aliphatic carbocycles. The number of carbonyl (C=O) groups excluding carboxylic acids is 2. The standard InChI is InChI=1S/C19H18ClNO3/c20-17-8-6-15(7-9-17)13-24-19(23)16-10-18(22)21(12-16)11-14-4-2-1-3-5-14/h1-9,16H,10-13H2/t16-/m0/s1. The van der Waals surface area contributed by atoms with Crippen molar-refractivity contribution in [2.75, 3.05) is 6.54 Å². The highest BCUT2D eigenvalue weighted by atomic mass is 35.5. The lowest BCUT2D eigenvalue weighted by Crippen LogP contribution is -2.26. The van der Waals surface area contributed by atoms with Crippen molar-refractivity contribution in [2.24, 2.45) is 5.92 Å². The molecule has 0 spiro atoms. The van der Waals surface area contributed by atoms with Crippen LogP contribution in [0.3, 0.4) is 0 Å². The van der Waals surface area contributed by atoms with E-state index in [0.717, 1.165) is 11.1 Å². The summed E-state index contributed by atoms with van der Waals surface area (Å²) in [5.41, 5.74) is 1.93. The van der Waals surface area contributed by atoms with Crippen molar-refractivity contribution < 1.29 is 14.3 Å². The molecular weight excluding hydrogens is 326 g/mol. The molecule has 1 heterocycles. The molecule has 124 valence electrons. The van der Waals surface area contributed by atoms with Gasteiger partial charge in [0.2, 0.25) is 5.91 Å². The van der Waals surface area contributed by atoms with Gasteiger partial charge in [-0.2, -0.15) is 0 Å². The fourth-order valence-corrected chi connectivity index (χ4v) is 2.87. The number of hydrogen-bond donors (Lipinski definition) is 0. The summed E-state index contributed by atoms with van der Waals surface area (Å²) in [5.74, 6) is -0.727. The third kappa shape index (κ3) is 4.15. The second-order valence-electron chi connectivity index (χ2n) is 5.90. The van der Waals surface area contributed by atoms with Gasteiger partial charge in [-0.05, 0) is 23.3 Å². The second-order valence-corrected chi connectivity index (χ2v) is 6.33. The van der Waals surface area contributed by atoms with Crippen molar-refractivity contribution in [3.05, 3.63) is 70.7 Å². The van der Waals surface area contributed by atoms with E-state index >= 15 is 0 Å². The van der Waals surface area contributed by atoms with Crippen LogP contribution in [-0.2, 0) is 27.5 Å². The van der Waals surface area contributed by atoms with Crippen LogP contribution in [0.2, 0.25) is 5.02 Å². The summed E-state index contributed by atoms with van der Waals surface area (Å²) in [5, 5.41) is 0.642. The first-order valence-corrected chi connectivity index (χ1v) is 8.22. The smallest absolute Gasteiger partial charge is 0.311 e. The third-order valence-electron chi connectivity index (χ3n) is 4.06. The van der Waals surface area contributed by atoms with Gasteiger partial charge in [0, 0.05) is 24.5 Å². The predicted octanol–water partition coefficient (Wildman–Crippen LogP) is 3.43. The molecular formula is C19H18ClNO3. The average Bonchev–Trinajstić information content (AvgIpc) is 2.96. The van der Waals surface area contributed by atoms with Gasteiger partial charge in [-0.15, -0.1) is 0 Å². The lowest BCUT2D eigenvalue weighted by molar-refractivity contribution is -0.149. The average molecular weight is 344 g/mol. The van der Waals surface area contributed by atoms with Crippen LogP contribution in [0, 0.1) is 5.92 Å². The molecule has 0 radical (unpaired) electrons. The Morgan fingerprint density at radius 2 is 1.79 bits per heavy atom. The van der Waals surface area contributed by atoms with E-state index < -0.39 is 5.92 Å². The van der Waals surface area contributed by atoms with Gasteiger partial charge in [-0.3, -0.25) is 9.59 Å². The molecule has 0 bridgehead atoms. The number of rotatable bonds is 5. The summed E-state index contributed by atoms with van der Waals surface area (Å²) >= 11 is 5.83. The topological polar surface area (TPSA) is 46.6 Å². The lowest BCUT2D eigenvalue weighted by Gasteiger charge is -2.16. The minimum atomic E-state index is -0.395. The molecule has 1 fully saturated rings. The minimum Gasteiger partial charge on any atom is -0.461 e. The molecule has 1 atom stereocenters. The van der Waals surface area contributed by atoms with Crippen molar-refractivity contribution in [1.29, 1.82) is 0 Å². The molecule has 3 rings (SSSR count). The predicted molar refractivity (Wildman–Crippen MR) is 91.2 cm³/mol. The van der Waals surface area contributed by atoms with Crippen LogP contribution < -0.4 is 0 Å². The van der Waals surface area contributed by atoms with Crippen LogP contribution >= 0.6 is 11.6 Å². The molecule has 0 unspecified atom stereocenters. The molecule has 2 aromatic carbocycles. The molecule has 0 aromatic heterocycles. The summed E-state index contributed by atoms with van der Waals surface area (Å²) in [7, 11) is 0. The van der Waals surface area contributed by atoms with Crippen LogP contribution in [0.1, 0.15) is 17.5 Å². The third-order valence-corrected chi connectivity index (χ3v) is 4.31. The summed E-state index contributed by atoms with van der Waals surface area (Å²) in [6.07, 6.45) is 0.215. The van der Waals surface area contributed by atoms with Crippen molar-refractivity contribution in [1.82, 2.24) is 4.90 Å². The molecule has 24 heavy (non-hydrogen) atoms. The highest BCUT2D eigenvalue weighted by Gasteiger charge is 2.35. The van der Waals surface area contributed by atoms with Crippen molar-refractivity contribution in [3.63, 3.8) is 0 Å². The SMILES string of the molecule is O=C(OCc1ccc(Cl)cc1)[C@H]1CC(=O)N(Cc2ccccc2)C1. The molecule has 4 nitrogen and oxygen atoms in total. The Labute approximate surface area is 146 Å². The maximum absolute atomic E-state index is 12.2. The van der Waals surface area contributed by atoms with Gasteiger partial charge >= 0.3 is 5.97 Å². The Hall–Kier alpha value is -2.33. The maximum atomic E-state index is 12.2. The largest absolute Gasteiger partial charge is 0.461 e. The van der Waals surface area contributed by atoms with Gasteiger partial charge in [0.05, 0.1) is 5.92 Å². The number of benzene rings is 2. The van der Waals surface area contributed by atoms with Gasteiger partial charge < -0.3 is 9.64 Å². The Morgan fingerprint density at radius 3 is 2.50 bits per heavy atom. The lowest BCUT2D eigenvalue weighted by atomic mass is 10.1. The first kappa shape index (κ1) is 16.5. The fraction of sp³-hybridized carbons (Fsp3) is 0.263. The number of likely N-dealkylation sites (tertiary alicyclic amines) is 1. The summed E-state index contributed by atoms with van der Waals surface area (Å²) in [6.45, 7) is 1.13. The summed E-state index contributed by atoms with van der Waals surface area (Å²) < 4.78 is 5.34. The molecule has 0 saturated carbocycles. The first-order valence-electron chi connectivity index (χ1n) is 7.84. The first-order chi connectivity index (χ1) is 11.6. The number of nitrogens with zero attached hydrogens (tertiary/aromatic N) is 1.